The molecule has 0 fully saturated rings. The van der Waals surface area contributed by atoms with Crippen molar-refractivity contribution in [2.45, 2.75) is 12.3 Å². The molecule has 1 aromatic carbocycles. The van der Waals surface area contributed by atoms with Gasteiger partial charge in [-0.15, -0.1) is 0 Å². The van der Waals surface area contributed by atoms with E-state index in [1.807, 2.05) is 0 Å². The SMILES string of the molecule is OC(c1c(Cl)ccc(Cl)c1F)C(F)(F)F. The van der Waals surface area contributed by atoms with E-state index in [4.69, 9.17) is 28.3 Å². The number of alkyl halides is 3. The molecule has 0 spiro atoms. The van der Waals surface area contributed by atoms with Crippen molar-refractivity contribution in [1.29, 1.82) is 0 Å². The summed E-state index contributed by atoms with van der Waals surface area (Å²) in [6, 6.07) is 1.99. The standard InChI is InChI=1S/C8H4Cl2F4O/c9-3-1-2-4(10)6(11)5(3)7(15)8(12,13)14/h1-2,7,15H. The summed E-state index contributed by atoms with van der Waals surface area (Å²) in [4.78, 5) is 0. The van der Waals surface area contributed by atoms with Gasteiger partial charge in [-0.25, -0.2) is 4.39 Å². The molecule has 0 heterocycles. The zero-order valence-corrected chi connectivity index (χ0v) is 8.46. The van der Waals surface area contributed by atoms with Gasteiger partial charge in [-0.1, -0.05) is 23.2 Å². The molecular formula is C8H4Cl2F4O. The Kier molecular flexibility index (Phi) is 3.48. The van der Waals surface area contributed by atoms with E-state index >= 15 is 0 Å². The van der Waals surface area contributed by atoms with Gasteiger partial charge in [0.05, 0.1) is 5.02 Å². The highest BCUT2D eigenvalue weighted by Gasteiger charge is 2.42. The van der Waals surface area contributed by atoms with Crippen molar-refractivity contribution in [3.63, 3.8) is 0 Å². The van der Waals surface area contributed by atoms with Crippen molar-refractivity contribution in [3.8, 4) is 0 Å². The van der Waals surface area contributed by atoms with E-state index in [0.29, 0.717) is 0 Å². The third-order valence-electron chi connectivity index (χ3n) is 1.66. The molecule has 0 saturated heterocycles. The van der Waals surface area contributed by atoms with Crippen LogP contribution in [0.15, 0.2) is 12.1 Å². The second-order valence-corrected chi connectivity index (χ2v) is 3.52. The molecule has 1 nitrogen and oxygen atoms in total. The first-order valence-electron chi connectivity index (χ1n) is 3.63. The molecule has 15 heavy (non-hydrogen) atoms. The summed E-state index contributed by atoms with van der Waals surface area (Å²) < 4.78 is 49.5. The smallest absolute Gasteiger partial charge is 0.379 e. The number of hydrogen-bond donors (Lipinski definition) is 1. The fraction of sp³-hybridized carbons (Fsp3) is 0.250. The summed E-state index contributed by atoms with van der Waals surface area (Å²) >= 11 is 10.6. The zero-order valence-electron chi connectivity index (χ0n) is 6.95. The second kappa shape index (κ2) is 4.15. The van der Waals surface area contributed by atoms with E-state index in [2.05, 4.69) is 0 Å². The third-order valence-corrected chi connectivity index (χ3v) is 2.28. The fourth-order valence-electron chi connectivity index (χ4n) is 0.957. The van der Waals surface area contributed by atoms with Gasteiger partial charge in [0.25, 0.3) is 0 Å². The third kappa shape index (κ3) is 2.53. The maximum Gasteiger partial charge on any atom is 0.418 e. The highest BCUT2D eigenvalue weighted by atomic mass is 35.5. The molecule has 84 valence electrons. The summed E-state index contributed by atoms with van der Waals surface area (Å²) in [6.07, 6.45) is -7.97. The van der Waals surface area contributed by atoms with Crippen LogP contribution < -0.4 is 0 Å². The molecule has 1 N–H and O–H groups in total. The van der Waals surface area contributed by atoms with Crippen LogP contribution in [0.2, 0.25) is 10.0 Å². The summed E-state index contributed by atoms with van der Waals surface area (Å²) in [7, 11) is 0. The Labute approximate surface area is 92.2 Å². The van der Waals surface area contributed by atoms with Gasteiger partial charge >= 0.3 is 6.18 Å². The quantitative estimate of drug-likeness (QED) is 0.604. The Balaban J connectivity index is 3.31. The number of halogens is 6. The number of benzene rings is 1. The van der Waals surface area contributed by atoms with Gasteiger partial charge < -0.3 is 5.11 Å². The summed E-state index contributed by atoms with van der Waals surface area (Å²) in [6.45, 7) is 0. The number of aliphatic hydroxyl groups is 1. The maximum atomic E-state index is 13.2. The van der Waals surface area contributed by atoms with Crippen molar-refractivity contribution in [1.82, 2.24) is 0 Å². The van der Waals surface area contributed by atoms with Crippen LogP contribution in [0.4, 0.5) is 17.6 Å². The lowest BCUT2D eigenvalue weighted by molar-refractivity contribution is -0.207. The molecule has 0 aliphatic rings. The molecule has 1 aromatic rings. The Morgan fingerprint density at radius 2 is 1.60 bits per heavy atom. The number of rotatable bonds is 1. The second-order valence-electron chi connectivity index (χ2n) is 2.70. The van der Waals surface area contributed by atoms with Crippen molar-refractivity contribution in [3.05, 3.63) is 33.6 Å². The molecule has 0 aliphatic carbocycles. The molecular weight excluding hydrogens is 259 g/mol. The van der Waals surface area contributed by atoms with Gasteiger partial charge in [0.1, 0.15) is 5.82 Å². The topological polar surface area (TPSA) is 20.2 Å². The lowest BCUT2D eigenvalue weighted by atomic mass is 10.1. The number of aliphatic hydroxyl groups excluding tert-OH is 1. The van der Waals surface area contributed by atoms with E-state index in [1.165, 1.54) is 0 Å². The normalized spacial score (nSPS) is 14.1. The predicted molar refractivity (Wildman–Crippen MR) is 47.4 cm³/mol. The summed E-state index contributed by atoms with van der Waals surface area (Å²) in [5.41, 5.74) is -1.06. The fourth-order valence-corrected chi connectivity index (χ4v) is 1.37. The van der Waals surface area contributed by atoms with Gasteiger partial charge in [0.2, 0.25) is 0 Å². The summed E-state index contributed by atoms with van der Waals surface area (Å²) in [5.74, 6) is -1.37. The van der Waals surface area contributed by atoms with Gasteiger partial charge in [0, 0.05) is 10.6 Å². The van der Waals surface area contributed by atoms with Gasteiger partial charge in [-0.05, 0) is 12.1 Å². The summed E-state index contributed by atoms with van der Waals surface area (Å²) in [5, 5.41) is 7.78. The Morgan fingerprint density at radius 1 is 1.13 bits per heavy atom. The van der Waals surface area contributed by atoms with Crippen molar-refractivity contribution >= 4 is 23.2 Å². The van der Waals surface area contributed by atoms with E-state index in [-0.39, 0.29) is 0 Å². The van der Waals surface area contributed by atoms with Crippen LogP contribution in [-0.2, 0) is 0 Å². The molecule has 7 heteroatoms. The molecule has 0 aliphatic heterocycles. The molecule has 0 aromatic heterocycles. The van der Waals surface area contributed by atoms with E-state index < -0.39 is 33.7 Å². The highest BCUT2D eigenvalue weighted by molar-refractivity contribution is 6.33. The van der Waals surface area contributed by atoms with Gasteiger partial charge in [-0.2, -0.15) is 13.2 Å². The van der Waals surface area contributed by atoms with Crippen LogP contribution in [0.25, 0.3) is 0 Å². The van der Waals surface area contributed by atoms with Crippen LogP contribution in [0, 0.1) is 5.82 Å². The monoisotopic (exact) mass is 262 g/mol. The van der Waals surface area contributed by atoms with Gasteiger partial charge in [-0.3, -0.25) is 0 Å². The average Bonchev–Trinajstić information content (AvgIpc) is 2.10. The van der Waals surface area contributed by atoms with E-state index in [9.17, 15) is 17.6 Å². The minimum atomic E-state index is -4.99. The van der Waals surface area contributed by atoms with Crippen LogP contribution in [0.3, 0.4) is 0 Å². The molecule has 1 atom stereocenters. The maximum absolute atomic E-state index is 13.2. The lowest BCUT2D eigenvalue weighted by Crippen LogP contribution is -2.21. The molecule has 0 bridgehead atoms. The van der Waals surface area contributed by atoms with Crippen LogP contribution in [-0.4, -0.2) is 11.3 Å². The molecule has 1 unspecified atom stereocenters. The average molecular weight is 263 g/mol. The molecule has 0 saturated carbocycles. The first-order chi connectivity index (χ1) is 6.75. The first-order valence-corrected chi connectivity index (χ1v) is 4.39. The van der Waals surface area contributed by atoms with Crippen molar-refractivity contribution < 1.29 is 22.7 Å². The van der Waals surface area contributed by atoms with E-state index in [0.717, 1.165) is 12.1 Å². The minimum absolute atomic E-state index is 0.526. The van der Waals surface area contributed by atoms with Crippen LogP contribution in [0.5, 0.6) is 0 Å². The Hall–Kier alpha value is -0.520. The van der Waals surface area contributed by atoms with Crippen molar-refractivity contribution in [2.75, 3.05) is 0 Å². The van der Waals surface area contributed by atoms with Gasteiger partial charge in [0.15, 0.2) is 6.10 Å². The molecule has 0 amide bonds. The lowest BCUT2D eigenvalue weighted by Gasteiger charge is -2.17. The first kappa shape index (κ1) is 12.5. The van der Waals surface area contributed by atoms with Crippen LogP contribution >= 0.6 is 23.2 Å². The number of hydrogen-bond acceptors (Lipinski definition) is 1. The predicted octanol–water partition coefficient (Wildman–Crippen LogP) is 3.73. The zero-order chi connectivity index (χ0) is 11.8. The molecule has 0 radical (unpaired) electrons. The Bertz CT molecular complexity index is 378. The minimum Gasteiger partial charge on any atom is -0.379 e. The van der Waals surface area contributed by atoms with Crippen LogP contribution in [0.1, 0.15) is 11.7 Å². The largest absolute Gasteiger partial charge is 0.418 e. The molecule has 1 rings (SSSR count). The highest BCUT2D eigenvalue weighted by Crippen LogP contribution is 2.39. The Morgan fingerprint density at radius 3 is 2.07 bits per heavy atom. The van der Waals surface area contributed by atoms with E-state index in [1.54, 1.807) is 0 Å². The van der Waals surface area contributed by atoms with Crippen molar-refractivity contribution in [2.24, 2.45) is 0 Å².